The van der Waals surface area contributed by atoms with Crippen LogP contribution in [0.15, 0.2) is 42.6 Å². The summed E-state index contributed by atoms with van der Waals surface area (Å²) in [6.07, 6.45) is 2.09. The van der Waals surface area contributed by atoms with Gasteiger partial charge in [0.25, 0.3) is 0 Å². The first-order chi connectivity index (χ1) is 11.7. The summed E-state index contributed by atoms with van der Waals surface area (Å²) in [6.45, 7) is 3.13. The zero-order valence-electron chi connectivity index (χ0n) is 13.7. The van der Waals surface area contributed by atoms with Crippen molar-refractivity contribution in [3.63, 3.8) is 0 Å². The molecule has 0 aliphatic carbocycles. The molecular weight excluding hydrogens is 326 g/mol. The summed E-state index contributed by atoms with van der Waals surface area (Å²) in [6, 6.07) is 12.1. The van der Waals surface area contributed by atoms with Crippen LogP contribution in [0.25, 0.3) is 0 Å². The lowest BCUT2D eigenvalue weighted by Crippen LogP contribution is -2.44. The van der Waals surface area contributed by atoms with E-state index >= 15 is 0 Å². The van der Waals surface area contributed by atoms with Crippen molar-refractivity contribution in [1.82, 2.24) is 14.8 Å². The number of aromatic nitrogens is 1. The molecule has 0 saturated heterocycles. The fourth-order valence-electron chi connectivity index (χ4n) is 3.16. The smallest absolute Gasteiger partial charge is 0.234 e. The quantitative estimate of drug-likeness (QED) is 0.816. The molecule has 3 rings (SSSR count). The second kappa shape index (κ2) is 7.83. The monoisotopic (exact) mass is 347 g/mol. The molecular formula is C18H22ClN3O2. The molecule has 1 aliphatic heterocycles. The zero-order chi connectivity index (χ0) is 16.9. The maximum Gasteiger partial charge on any atom is 0.234 e. The Balaban J connectivity index is 1.80. The van der Waals surface area contributed by atoms with Gasteiger partial charge in [-0.15, -0.1) is 0 Å². The van der Waals surface area contributed by atoms with Crippen molar-refractivity contribution in [2.45, 2.75) is 12.6 Å². The first kappa shape index (κ1) is 17.0. The molecule has 0 spiro atoms. The SMILES string of the molecule is COCCNC(=O)CN1CCn2cccc2[C@@H]1c1ccc(Cl)cc1. The van der Waals surface area contributed by atoms with E-state index < -0.39 is 0 Å². The molecule has 1 aromatic carbocycles. The van der Waals surface area contributed by atoms with Crippen molar-refractivity contribution in [3.05, 3.63) is 58.9 Å². The summed E-state index contributed by atoms with van der Waals surface area (Å²) in [5.74, 6) is 0.0195. The Morgan fingerprint density at radius 2 is 2.08 bits per heavy atom. The molecule has 1 atom stereocenters. The summed E-state index contributed by atoms with van der Waals surface area (Å²) in [5.41, 5.74) is 2.34. The minimum Gasteiger partial charge on any atom is -0.383 e. The number of benzene rings is 1. The van der Waals surface area contributed by atoms with Crippen molar-refractivity contribution in [2.24, 2.45) is 0 Å². The second-order valence-corrected chi connectivity index (χ2v) is 6.33. The molecule has 0 radical (unpaired) electrons. The molecule has 0 unspecified atom stereocenters. The molecule has 1 aromatic heterocycles. The van der Waals surface area contributed by atoms with Crippen LogP contribution in [-0.4, -0.2) is 48.7 Å². The van der Waals surface area contributed by atoms with Crippen LogP contribution in [0, 0.1) is 0 Å². The van der Waals surface area contributed by atoms with E-state index in [1.807, 2.05) is 24.3 Å². The van der Waals surface area contributed by atoms with Crippen LogP contribution < -0.4 is 5.32 Å². The number of carbonyl (C=O) groups excluding carboxylic acids is 1. The third kappa shape index (κ3) is 3.80. The number of fused-ring (bicyclic) bond motifs is 1. The van der Waals surface area contributed by atoms with Gasteiger partial charge in [-0.3, -0.25) is 9.69 Å². The van der Waals surface area contributed by atoms with Gasteiger partial charge in [-0.2, -0.15) is 0 Å². The highest BCUT2D eigenvalue weighted by molar-refractivity contribution is 6.30. The van der Waals surface area contributed by atoms with E-state index in [1.165, 1.54) is 5.69 Å². The van der Waals surface area contributed by atoms with E-state index in [0.29, 0.717) is 24.7 Å². The minimum absolute atomic E-state index is 0.0195. The van der Waals surface area contributed by atoms with Gasteiger partial charge in [0.15, 0.2) is 0 Å². The van der Waals surface area contributed by atoms with Gasteiger partial charge in [0.1, 0.15) is 0 Å². The lowest BCUT2D eigenvalue weighted by molar-refractivity contribution is -0.123. The number of carbonyl (C=O) groups is 1. The van der Waals surface area contributed by atoms with E-state index in [-0.39, 0.29) is 11.9 Å². The van der Waals surface area contributed by atoms with Crippen LogP contribution in [-0.2, 0) is 16.1 Å². The first-order valence-corrected chi connectivity index (χ1v) is 8.47. The maximum atomic E-state index is 12.2. The highest BCUT2D eigenvalue weighted by Crippen LogP contribution is 2.32. The molecule has 0 fully saturated rings. The number of methoxy groups -OCH3 is 1. The standard InChI is InChI=1S/C18H22ClN3O2/c1-24-12-8-20-17(23)13-22-11-10-21-9-2-3-16(21)18(22)14-4-6-15(19)7-5-14/h2-7,9,18H,8,10-13H2,1H3,(H,20,23)/t18-/m0/s1. The Morgan fingerprint density at radius 3 is 2.83 bits per heavy atom. The van der Waals surface area contributed by atoms with Crippen LogP contribution in [0.4, 0.5) is 0 Å². The van der Waals surface area contributed by atoms with Gasteiger partial charge in [-0.05, 0) is 29.8 Å². The summed E-state index contributed by atoms with van der Waals surface area (Å²) in [4.78, 5) is 14.4. The van der Waals surface area contributed by atoms with Crippen LogP contribution in [0.5, 0.6) is 0 Å². The van der Waals surface area contributed by atoms with E-state index in [1.54, 1.807) is 7.11 Å². The lowest BCUT2D eigenvalue weighted by atomic mass is 10.00. The molecule has 128 valence electrons. The molecule has 0 bridgehead atoms. The molecule has 2 aromatic rings. The average molecular weight is 348 g/mol. The van der Waals surface area contributed by atoms with Gasteiger partial charge in [0, 0.05) is 43.7 Å². The summed E-state index contributed by atoms with van der Waals surface area (Å²) in [7, 11) is 1.63. The average Bonchev–Trinajstić information content (AvgIpc) is 3.04. The van der Waals surface area contributed by atoms with Crippen molar-refractivity contribution in [1.29, 1.82) is 0 Å². The van der Waals surface area contributed by atoms with E-state index in [4.69, 9.17) is 16.3 Å². The Kier molecular flexibility index (Phi) is 5.56. The van der Waals surface area contributed by atoms with Crippen LogP contribution in [0.1, 0.15) is 17.3 Å². The Bertz CT molecular complexity index is 684. The van der Waals surface area contributed by atoms with Crippen LogP contribution in [0.3, 0.4) is 0 Å². The van der Waals surface area contributed by atoms with Gasteiger partial charge in [0.05, 0.1) is 19.2 Å². The highest BCUT2D eigenvalue weighted by Gasteiger charge is 2.29. The number of halogens is 1. The van der Waals surface area contributed by atoms with Crippen molar-refractivity contribution >= 4 is 17.5 Å². The van der Waals surface area contributed by atoms with Gasteiger partial charge in [-0.1, -0.05) is 23.7 Å². The number of hydrogen-bond donors (Lipinski definition) is 1. The van der Waals surface area contributed by atoms with E-state index in [2.05, 4.69) is 33.1 Å². The topological polar surface area (TPSA) is 46.5 Å². The number of nitrogens with one attached hydrogen (secondary N) is 1. The van der Waals surface area contributed by atoms with Crippen molar-refractivity contribution < 1.29 is 9.53 Å². The molecule has 1 N–H and O–H groups in total. The third-order valence-corrected chi connectivity index (χ3v) is 4.55. The Morgan fingerprint density at radius 1 is 1.29 bits per heavy atom. The predicted octanol–water partition coefficient (Wildman–Crippen LogP) is 2.31. The Labute approximate surface area is 147 Å². The number of rotatable bonds is 6. The lowest BCUT2D eigenvalue weighted by Gasteiger charge is -2.36. The van der Waals surface area contributed by atoms with Gasteiger partial charge >= 0.3 is 0 Å². The summed E-state index contributed by atoms with van der Waals surface area (Å²) in [5, 5.41) is 3.61. The maximum absolute atomic E-state index is 12.2. The molecule has 6 heteroatoms. The third-order valence-electron chi connectivity index (χ3n) is 4.30. The molecule has 1 amide bonds. The first-order valence-electron chi connectivity index (χ1n) is 8.09. The molecule has 5 nitrogen and oxygen atoms in total. The molecule has 1 aliphatic rings. The number of hydrogen-bond acceptors (Lipinski definition) is 3. The highest BCUT2D eigenvalue weighted by atomic mass is 35.5. The van der Waals surface area contributed by atoms with E-state index in [9.17, 15) is 4.79 Å². The van der Waals surface area contributed by atoms with Crippen molar-refractivity contribution in [2.75, 3.05) is 33.4 Å². The van der Waals surface area contributed by atoms with Crippen molar-refractivity contribution in [3.8, 4) is 0 Å². The number of nitrogens with zero attached hydrogens (tertiary/aromatic N) is 2. The van der Waals surface area contributed by atoms with Gasteiger partial charge in [-0.25, -0.2) is 0 Å². The molecule has 24 heavy (non-hydrogen) atoms. The molecule has 2 heterocycles. The minimum atomic E-state index is 0.0195. The zero-order valence-corrected chi connectivity index (χ0v) is 14.5. The largest absolute Gasteiger partial charge is 0.383 e. The fourth-order valence-corrected chi connectivity index (χ4v) is 3.29. The molecule has 0 saturated carbocycles. The normalized spacial score (nSPS) is 17.5. The van der Waals surface area contributed by atoms with Gasteiger partial charge < -0.3 is 14.6 Å². The second-order valence-electron chi connectivity index (χ2n) is 5.89. The van der Waals surface area contributed by atoms with Crippen LogP contribution >= 0.6 is 11.6 Å². The Hall–Kier alpha value is -1.82. The van der Waals surface area contributed by atoms with Gasteiger partial charge in [0.2, 0.25) is 5.91 Å². The van der Waals surface area contributed by atoms with E-state index in [0.717, 1.165) is 18.7 Å². The fraction of sp³-hybridized carbons (Fsp3) is 0.389. The van der Waals surface area contributed by atoms with Crippen LogP contribution in [0.2, 0.25) is 5.02 Å². The number of ether oxygens (including phenoxy) is 1. The predicted molar refractivity (Wildman–Crippen MR) is 94.2 cm³/mol. The summed E-state index contributed by atoms with van der Waals surface area (Å²) >= 11 is 6.03. The number of amides is 1. The summed E-state index contributed by atoms with van der Waals surface area (Å²) < 4.78 is 7.22.